The first-order valence-electron chi connectivity index (χ1n) is 7.21. The van der Waals surface area contributed by atoms with E-state index in [0.717, 1.165) is 23.9 Å². The number of hydrogen-bond donors (Lipinski definition) is 1. The second kappa shape index (κ2) is 7.61. The van der Waals surface area contributed by atoms with Crippen LogP contribution in [0.4, 0.5) is 18.9 Å². The van der Waals surface area contributed by atoms with E-state index in [1.165, 1.54) is 10.7 Å². The average molecular weight is 394 g/mol. The van der Waals surface area contributed by atoms with Crippen molar-refractivity contribution >= 4 is 35.0 Å². The average Bonchev–Trinajstić information content (AvgIpc) is 2.96. The molecule has 1 N–H and O–H groups in total. The maximum atomic E-state index is 13.1. The largest absolute Gasteiger partial charge is 0.418 e. The van der Waals surface area contributed by atoms with Gasteiger partial charge in [-0.05, 0) is 49.4 Å². The van der Waals surface area contributed by atoms with Crippen LogP contribution in [0.25, 0.3) is 0 Å². The summed E-state index contributed by atoms with van der Waals surface area (Å²) in [6, 6.07) is 3.16. The van der Waals surface area contributed by atoms with Crippen molar-refractivity contribution in [1.82, 2.24) is 20.2 Å². The molecular formula is C14H15ClF3N5OS. The second-order valence-corrected chi connectivity index (χ2v) is 7.18. The Morgan fingerprint density at radius 3 is 2.60 bits per heavy atom. The number of halogens is 4. The van der Waals surface area contributed by atoms with Gasteiger partial charge in [-0.2, -0.15) is 13.2 Å². The van der Waals surface area contributed by atoms with Crippen molar-refractivity contribution in [2.24, 2.45) is 0 Å². The smallest absolute Gasteiger partial charge is 0.325 e. The monoisotopic (exact) mass is 393 g/mol. The SMILES string of the molecule is CC(Sc1nnnn1C(C)C)C(=O)Nc1ccc(Cl)cc1C(F)(F)F. The van der Waals surface area contributed by atoms with Crippen molar-refractivity contribution in [2.45, 2.75) is 43.4 Å². The van der Waals surface area contributed by atoms with E-state index in [9.17, 15) is 18.0 Å². The van der Waals surface area contributed by atoms with Crippen LogP contribution in [0.3, 0.4) is 0 Å². The molecule has 6 nitrogen and oxygen atoms in total. The lowest BCUT2D eigenvalue weighted by Gasteiger charge is -2.16. The zero-order chi connectivity index (χ0) is 18.8. The van der Waals surface area contributed by atoms with Crippen LogP contribution in [-0.2, 0) is 11.0 Å². The van der Waals surface area contributed by atoms with Crippen LogP contribution >= 0.6 is 23.4 Å². The van der Waals surface area contributed by atoms with Crippen molar-refractivity contribution < 1.29 is 18.0 Å². The van der Waals surface area contributed by atoms with Gasteiger partial charge in [-0.15, -0.1) is 5.10 Å². The van der Waals surface area contributed by atoms with E-state index in [0.29, 0.717) is 5.16 Å². The lowest BCUT2D eigenvalue weighted by molar-refractivity contribution is -0.137. The second-order valence-electron chi connectivity index (χ2n) is 5.44. The number of nitrogens with one attached hydrogen (secondary N) is 1. The summed E-state index contributed by atoms with van der Waals surface area (Å²) in [7, 11) is 0. The number of anilines is 1. The number of carbonyl (C=O) groups is 1. The zero-order valence-corrected chi connectivity index (χ0v) is 15.1. The summed E-state index contributed by atoms with van der Waals surface area (Å²) >= 11 is 6.68. The molecule has 2 aromatic rings. The van der Waals surface area contributed by atoms with Crippen LogP contribution in [0.5, 0.6) is 0 Å². The number of alkyl halides is 3. The molecule has 0 aliphatic heterocycles. The Hall–Kier alpha value is -1.81. The fourth-order valence-electron chi connectivity index (χ4n) is 1.89. The van der Waals surface area contributed by atoms with Gasteiger partial charge < -0.3 is 5.32 Å². The maximum absolute atomic E-state index is 13.1. The molecule has 0 fully saturated rings. The number of rotatable bonds is 5. The summed E-state index contributed by atoms with van der Waals surface area (Å²) < 4.78 is 40.8. The van der Waals surface area contributed by atoms with E-state index in [1.807, 2.05) is 13.8 Å². The van der Waals surface area contributed by atoms with E-state index in [2.05, 4.69) is 20.8 Å². The topological polar surface area (TPSA) is 72.7 Å². The summed E-state index contributed by atoms with van der Waals surface area (Å²) in [5.74, 6) is -0.601. The molecule has 136 valence electrons. The number of aromatic nitrogens is 4. The fraction of sp³-hybridized carbons (Fsp3) is 0.429. The highest BCUT2D eigenvalue weighted by Gasteiger charge is 2.34. The Balaban J connectivity index is 2.15. The molecular weight excluding hydrogens is 379 g/mol. The van der Waals surface area contributed by atoms with Gasteiger partial charge in [-0.1, -0.05) is 23.4 Å². The quantitative estimate of drug-likeness (QED) is 0.776. The first-order valence-corrected chi connectivity index (χ1v) is 8.47. The van der Waals surface area contributed by atoms with Gasteiger partial charge in [0, 0.05) is 5.02 Å². The number of benzene rings is 1. The minimum atomic E-state index is -4.63. The number of thioether (sulfide) groups is 1. The Labute approximate surface area is 151 Å². The lowest BCUT2D eigenvalue weighted by atomic mass is 10.1. The number of amides is 1. The summed E-state index contributed by atoms with van der Waals surface area (Å²) in [5.41, 5.74) is -1.35. The van der Waals surface area contributed by atoms with Crippen LogP contribution in [0, 0.1) is 0 Å². The number of nitrogens with zero attached hydrogens (tertiary/aromatic N) is 4. The van der Waals surface area contributed by atoms with Crippen molar-refractivity contribution in [3.8, 4) is 0 Å². The van der Waals surface area contributed by atoms with Gasteiger partial charge in [0.25, 0.3) is 0 Å². The number of tetrazole rings is 1. The lowest BCUT2D eigenvalue weighted by Crippen LogP contribution is -2.25. The third-order valence-electron chi connectivity index (χ3n) is 3.15. The third-order valence-corrected chi connectivity index (χ3v) is 4.43. The van der Waals surface area contributed by atoms with Gasteiger partial charge in [0.05, 0.1) is 22.5 Å². The van der Waals surface area contributed by atoms with Crippen LogP contribution in [0.1, 0.15) is 32.4 Å². The predicted molar refractivity (Wildman–Crippen MR) is 88.6 cm³/mol. The summed E-state index contributed by atoms with van der Waals surface area (Å²) in [5, 5.41) is 13.1. The molecule has 0 aliphatic carbocycles. The number of hydrogen-bond acceptors (Lipinski definition) is 5. The standard InChI is InChI=1S/C14H15ClF3N5OS/c1-7(2)23-13(20-21-22-23)25-8(3)12(24)19-11-5-4-9(15)6-10(11)14(16,17)18/h4-8H,1-3H3,(H,19,24). The highest BCUT2D eigenvalue weighted by atomic mass is 35.5. The van der Waals surface area contributed by atoms with Gasteiger partial charge in [0.1, 0.15) is 0 Å². The molecule has 0 bridgehead atoms. The highest BCUT2D eigenvalue weighted by molar-refractivity contribution is 8.00. The van der Waals surface area contributed by atoms with Crippen LogP contribution in [0.2, 0.25) is 5.02 Å². The molecule has 25 heavy (non-hydrogen) atoms. The summed E-state index contributed by atoms with van der Waals surface area (Å²) in [6.07, 6.45) is -4.63. The van der Waals surface area contributed by atoms with Crippen LogP contribution < -0.4 is 5.32 Å². The molecule has 0 aliphatic rings. The predicted octanol–water partition coefficient (Wildman–Crippen LogP) is 4.05. The maximum Gasteiger partial charge on any atom is 0.418 e. The van der Waals surface area contributed by atoms with E-state index in [4.69, 9.17) is 11.6 Å². The molecule has 0 saturated carbocycles. The fourth-order valence-corrected chi connectivity index (χ4v) is 2.99. The van der Waals surface area contributed by atoms with Crippen molar-refractivity contribution in [1.29, 1.82) is 0 Å². The Morgan fingerprint density at radius 1 is 1.32 bits per heavy atom. The molecule has 1 aromatic carbocycles. The van der Waals surface area contributed by atoms with Crippen LogP contribution in [-0.4, -0.2) is 31.4 Å². The molecule has 1 amide bonds. The van der Waals surface area contributed by atoms with E-state index >= 15 is 0 Å². The Kier molecular flexibility index (Phi) is 5.94. The molecule has 0 spiro atoms. The summed E-state index contributed by atoms with van der Waals surface area (Å²) in [6.45, 7) is 5.30. The van der Waals surface area contributed by atoms with Crippen molar-refractivity contribution in [2.75, 3.05) is 5.32 Å². The molecule has 2 rings (SSSR count). The molecule has 1 heterocycles. The molecule has 0 saturated heterocycles. The van der Waals surface area contributed by atoms with Gasteiger partial charge in [0.2, 0.25) is 11.1 Å². The van der Waals surface area contributed by atoms with E-state index in [-0.39, 0.29) is 16.8 Å². The highest BCUT2D eigenvalue weighted by Crippen LogP contribution is 2.37. The van der Waals surface area contributed by atoms with Crippen LogP contribution in [0.15, 0.2) is 23.4 Å². The van der Waals surface area contributed by atoms with E-state index < -0.39 is 22.9 Å². The number of carbonyl (C=O) groups excluding carboxylic acids is 1. The zero-order valence-electron chi connectivity index (χ0n) is 13.5. The Morgan fingerprint density at radius 2 is 2.00 bits per heavy atom. The molecule has 1 atom stereocenters. The van der Waals surface area contributed by atoms with Crippen molar-refractivity contribution in [3.05, 3.63) is 28.8 Å². The normalized spacial score (nSPS) is 13.1. The minimum absolute atomic E-state index is 0.0131. The van der Waals surface area contributed by atoms with Gasteiger partial charge >= 0.3 is 6.18 Å². The van der Waals surface area contributed by atoms with E-state index in [1.54, 1.807) is 6.92 Å². The van der Waals surface area contributed by atoms with Gasteiger partial charge in [-0.25, -0.2) is 4.68 Å². The van der Waals surface area contributed by atoms with Gasteiger partial charge in [0.15, 0.2) is 0 Å². The first kappa shape index (κ1) is 19.5. The van der Waals surface area contributed by atoms with Gasteiger partial charge in [-0.3, -0.25) is 4.79 Å². The summed E-state index contributed by atoms with van der Waals surface area (Å²) in [4.78, 5) is 12.3. The third kappa shape index (κ3) is 4.85. The molecule has 0 radical (unpaired) electrons. The molecule has 1 aromatic heterocycles. The molecule has 1 unspecified atom stereocenters. The van der Waals surface area contributed by atoms with Crippen molar-refractivity contribution in [3.63, 3.8) is 0 Å². The molecule has 11 heteroatoms. The minimum Gasteiger partial charge on any atom is -0.325 e. The first-order chi connectivity index (χ1) is 11.6. The Bertz CT molecular complexity index is 765.